The van der Waals surface area contributed by atoms with Gasteiger partial charge in [0.1, 0.15) is 0 Å². The summed E-state index contributed by atoms with van der Waals surface area (Å²) in [5.41, 5.74) is 1.96. The lowest BCUT2D eigenvalue weighted by molar-refractivity contribution is 0.172. The van der Waals surface area contributed by atoms with Crippen LogP contribution in [0.15, 0.2) is 11.4 Å². The van der Waals surface area contributed by atoms with Crippen molar-refractivity contribution in [1.29, 1.82) is 0 Å². The van der Waals surface area contributed by atoms with Gasteiger partial charge in [-0.3, -0.25) is 0 Å². The second-order valence-electron chi connectivity index (χ2n) is 5.79. The third kappa shape index (κ3) is 1.63. The summed E-state index contributed by atoms with van der Waals surface area (Å²) in [5.74, 6) is 0.924. The van der Waals surface area contributed by atoms with E-state index in [9.17, 15) is 0 Å². The zero-order valence-corrected chi connectivity index (χ0v) is 11.1. The SMILES string of the molecule is CC1CCC2(CC1)N[C@@H](C)Cc1ccsc12. The van der Waals surface area contributed by atoms with E-state index < -0.39 is 0 Å². The average Bonchev–Trinajstić information content (AvgIpc) is 2.71. The lowest BCUT2D eigenvalue weighted by Gasteiger charge is -2.45. The summed E-state index contributed by atoms with van der Waals surface area (Å²) in [6.07, 6.45) is 6.67. The molecule has 1 spiro atoms. The third-order valence-electron chi connectivity index (χ3n) is 4.36. The maximum atomic E-state index is 3.90. The van der Waals surface area contributed by atoms with E-state index in [4.69, 9.17) is 0 Å². The Hall–Kier alpha value is -0.340. The number of rotatable bonds is 0. The van der Waals surface area contributed by atoms with Gasteiger partial charge in [-0.2, -0.15) is 0 Å². The number of fused-ring (bicyclic) bond motifs is 2. The molecule has 2 heteroatoms. The Labute approximate surface area is 102 Å². The Balaban J connectivity index is 1.96. The molecule has 0 aromatic carbocycles. The van der Waals surface area contributed by atoms with Crippen LogP contribution >= 0.6 is 11.3 Å². The molecule has 1 aromatic heterocycles. The fraction of sp³-hybridized carbons (Fsp3) is 0.714. The van der Waals surface area contributed by atoms with E-state index in [1.165, 1.54) is 32.1 Å². The smallest absolute Gasteiger partial charge is 0.0533 e. The molecule has 2 heterocycles. The first-order valence-electron chi connectivity index (χ1n) is 6.54. The van der Waals surface area contributed by atoms with Gasteiger partial charge in [0, 0.05) is 10.9 Å². The highest BCUT2D eigenvalue weighted by atomic mass is 32.1. The van der Waals surface area contributed by atoms with Crippen LogP contribution in [0.4, 0.5) is 0 Å². The maximum Gasteiger partial charge on any atom is 0.0533 e. The van der Waals surface area contributed by atoms with Crippen LogP contribution in [0.1, 0.15) is 50.0 Å². The standard InChI is InChI=1S/C14H21NS/c1-10-3-6-14(7-4-10)13-12(5-8-16-13)9-11(2)15-14/h5,8,10-11,15H,3-4,6-7,9H2,1-2H3/t10?,11-,14?/m0/s1. The van der Waals surface area contributed by atoms with Gasteiger partial charge in [-0.25, -0.2) is 0 Å². The highest BCUT2D eigenvalue weighted by molar-refractivity contribution is 7.10. The van der Waals surface area contributed by atoms with Crippen molar-refractivity contribution in [2.75, 3.05) is 0 Å². The average molecular weight is 235 g/mol. The number of nitrogens with one attached hydrogen (secondary N) is 1. The van der Waals surface area contributed by atoms with Crippen LogP contribution in [0.5, 0.6) is 0 Å². The zero-order valence-electron chi connectivity index (χ0n) is 10.3. The molecule has 1 aliphatic carbocycles. The molecule has 0 bridgehead atoms. The summed E-state index contributed by atoms with van der Waals surface area (Å²) >= 11 is 1.97. The molecule has 0 amide bonds. The number of thiophene rings is 1. The lowest BCUT2D eigenvalue weighted by atomic mass is 9.73. The van der Waals surface area contributed by atoms with E-state index in [2.05, 4.69) is 30.6 Å². The number of hydrogen-bond acceptors (Lipinski definition) is 2. The molecular formula is C14H21NS. The summed E-state index contributed by atoms with van der Waals surface area (Å²) in [6.45, 7) is 4.73. The minimum absolute atomic E-state index is 0.341. The minimum atomic E-state index is 0.341. The highest BCUT2D eigenvalue weighted by Crippen LogP contribution is 2.45. The molecule has 1 aromatic rings. The molecule has 1 saturated carbocycles. The molecule has 2 aliphatic rings. The number of hydrogen-bond donors (Lipinski definition) is 1. The summed E-state index contributed by atoms with van der Waals surface area (Å²) in [5, 5.41) is 6.19. The molecule has 0 unspecified atom stereocenters. The quantitative estimate of drug-likeness (QED) is 0.723. The molecule has 1 atom stereocenters. The van der Waals surface area contributed by atoms with Gasteiger partial charge in [-0.1, -0.05) is 6.92 Å². The van der Waals surface area contributed by atoms with Crippen molar-refractivity contribution in [2.24, 2.45) is 5.92 Å². The van der Waals surface area contributed by atoms with Crippen LogP contribution in [-0.4, -0.2) is 6.04 Å². The molecule has 1 nitrogen and oxygen atoms in total. The van der Waals surface area contributed by atoms with Crippen LogP contribution in [0.3, 0.4) is 0 Å². The Morgan fingerprint density at radius 3 is 2.81 bits per heavy atom. The fourth-order valence-corrected chi connectivity index (χ4v) is 4.62. The van der Waals surface area contributed by atoms with Gasteiger partial charge in [0.05, 0.1) is 5.54 Å². The van der Waals surface area contributed by atoms with E-state index in [0.717, 1.165) is 5.92 Å². The first-order chi connectivity index (χ1) is 7.70. The predicted octanol–water partition coefficient (Wildman–Crippen LogP) is 3.69. The minimum Gasteiger partial charge on any atom is -0.304 e. The van der Waals surface area contributed by atoms with Gasteiger partial charge in [-0.05, 0) is 62.0 Å². The highest BCUT2D eigenvalue weighted by Gasteiger charge is 2.41. The molecule has 1 N–H and O–H groups in total. The molecule has 88 valence electrons. The van der Waals surface area contributed by atoms with Crippen molar-refractivity contribution in [3.63, 3.8) is 0 Å². The molecule has 0 radical (unpaired) electrons. The van der Waals surface area contributed by atoms with Crippen LogP contribution in [0.25, 0.3) is 0 Å². The van der Waals surface area contributed by atoms with Crippen molar-refractivity contribution in [3.8, 4) is 0 Å². The molecular weight excluding hydrogens is 214 g/mol. The van der Waals surface area contributed by atoms with Crippen molar-refractivity contribution >= 4 is 11.3 Å². The zero-order chi connectivity index (χ0) is 11.2. The van der Waals surface area contributed by atoms with Crippen LogP contribution in [0.2, 0.25) is 0 Å². The van der Waals surface area contributed by atoms with Crippen molar-refractivity contribution in [2.45, 2.75) is 57.5 Å². The van der Waals surface area contributed by atoms with E-state index in [0.29, 0.717) is 11.6 Å². The predicted molar refractivity (Wildman–Crippen MR) is 69.9 cm³/mol. The van der Waals surface area contributed by atoms with Crippen molar-refractivity contribution in [3.05, 3.63) is 21.9 Å². The summed E-state index contributed by atoms with van der Waals surface area (Å²) < 4.78 is 0. The summed E-state index contributed by atoms with van der Waals surface area (Å²) in [4.78, 5) is 1.65. The largest absolute Gasteiger partial charge is 0.304 e. The monoisotopic (exact) mass is 235 g/mol. The van der Waals surface area contributed by atoms with Crippen molar-refractivity contribution < 1.29 is 0 Å². The normalized spacial score (nSPS) is 38.6. The first-order valence-corrected chi connectivity index (χ1v) is 7.42. The fourth-order valence-electron chi connectivity index (χ4n) is 3.46. The molecule has 0 saturated heterocycles. The lowest BCUT2D eigenvalue weighted by Crippen LogP contribution is -2.52. The second kappa shape index (κ2) is 3.85. The molecule has 1 fully saturated rings. The Morgan fingerprint density at radius 2 is 2.06 bits per heavy atom. The first kappa shape index (κ1) is 10.8. The van der Waals surface area contributed by atoms with E-state index >= 15 is 0 Å². The summed E-state index contributed by atoms with van der Waals surface area (Å²) in [6, 6.07) is 2.99. The van der Waals surface area contributed by atoms with E-state index in [1.807, 2.05) is 11.3 Å². The Kier molecular flexibility index (Phi) is 2.60. The van der Waals surface area contributed by atoms with Gasteiger partial charge < -0.3 is 5.32 Å². The second-order valence-corrected chi connectivity index (χ2v) is 6.71. The Morgan fingerprint density at radius 1 is 1.31 bits per heavy atom. The van der Waals surface area contributed by atoms with E-state index in [-0.39, 0.29) is 0 Å². The third-order valence-corrected chi connectivity index (χ3v) is 5.52. The molecule has 3 rings (SSSR count). The van der Waals surface area contributed by atoms with Gasteiger partial charge in [-0.15, -0.1) is 11.3 Å². The van der Waals surface area contributed by atoms with Crippen LogP contribution < -0.4 is 5.32 Å². The van der Waals surface area contributed by atoms with Gasteiger partial charge >= 0.3 is 0 Å². The van der Waals surface area contributed by atoms with Crippen LogP contribution in [0, 0.1) is 5.92 Å². The molecule has 1 aliphatic heterocycles. The van der Waals surface area contributed by atoms with Crippen LogP contribution in [-0.2, 0) is 12.0 Å². The topological polar surface area (TPSA) is 12.0 Å². The summed E-state index contributed by atoms with van der Waals surface area (Å²) in [7, 11) is 0. The van der Waals surface area contributed by atoms with Gasteiger partial charge in [0.2, 0.25) is 0 Å². The van der Waals surface area contributed by atoms with Gasteiger partial charge in [0.25, 0.3) is 0 Å². The Bertz CT molecular complexity index is 374. The van der Waals surface area contributed by atoms with E-state index in [1.54, 1.807) is 10.4 Å². The molecule has 16 heavy (non-hydrogen) atoms. The maximum absolute atomic E-state index is 3.90. The van der Waals surface area contributed by atoms with Gasteiger partial charge in [0.15, 0.2) is 0 Å². The van der Waals surface area contributed by atoms with Crippen molar-refractivity contribution in [1.82, 2.24) is 5.32 Å².